The SMILES string of the molecule is COc1ccc(C(=O)NC[C@H]2CCCN2)cc1. The standard InChI is InChI=1S/C13H18N2O2/c1-17-12-6-4-10(5-7-12)13(16)15-9-11-3-2-8-14-11/h4-7,11,14H,2-3,8-9H2,1H3,(H,15,16)/t11-/m1/s1. The van der Waals surface area contributed by atoms with Gasteiger partial charge in [0, 0.05) is 18.2 Å². The first-order valence-electron chi connectivity index (χ1n) is 5.95. The van der Waals surface area contributed by atoms with Gasteiger partial charge in [-0.15, -0.1) is 0 Å². The van der Waals surface area contributed by atoms with E-state index in [1.165, 1.54) is 6.42 Å². The van der Waals surface area contributed by atoms with Crippen molar-refractivity contribution in [2.75, 3.05) is 20.2 Å². The Morgan fingerprint density at radius 1 is 1.47 bits per heavy atom. The van der Waals surface area contributed by atoms with Crippen LogP contribution >= 0.6 is 0 Å². The largest absolute Gasteiger partial charge is 0.497 e. The van der Waals surface area contributed by atoms with Crippen molar-refractivity contribution in [3.8, 4) is 5.75 Å². The number of amides is 1. The molecule has 1 heterocycles. The van der Waals surface area contributed by atoms with Gasteiger partial charge in [-0.25, -0.2) is 0 Å². The topological polar surface area (TPSA) is 50.4 Å². The fourth-order valence-electron chi connectivity index (χ4n) is 1.99. The third kappa shape index (κ3) is 3.20. The summed E-state index contributed by atoms with van der Waals surface area (Å²) < 4.78 is 5.05. The van der Waals surface area contributed by atoms with E-state index in [9.17, 15) is 4.79 Å². The lowest BCUT2D eigenvalue weighted by atomic mass is 10.2. The number of hydrogen-bond acceptors (Lipinski definition) is 3. The van der Waals surface area contributed by atoms with E-state index in [0.717, 1.165) is 18.7 Å². The van der Waals surface area contributed by atoms with E-state index in [4.69, 9.17) is 4.74 Å². The van der Waals surface area contributed by atoms with Crippen LogP contribution in [0.1, 0.15) is 23.2 Å². The summed E-state index contributed by atoms with van der Waals surface area (Å²) in [6, 6.07) is 7.56. The van der Waals surface area contributed by atoms with Crippen LogP contribution in [-0.4, -0.2) is 32.1 Å². The van der Waals surface area contributed by atoms with Crippen LogP contribution < -0.4 is 15.4 Å². The zero-order chi connectivity index (χ0) is 12.1. The molecule has 2 rings (SSSR count). The van der Waals surface area contributed by atoms with Crippen molar-refractivity contribution in [1.82, 2.24) is 10.6 Å². The van der Waals surface area contributed by atoms with Crippen molar-refractivity contribution in [2.45, 2.75) is 18.9 Å². The minimum absolute atomic E-state index is 0.0265. The van der Waals surface area contributed by atoms with Crippen molar-refractivity contribution in [1.29, 1.82) is 0 Å². The molecule has 1 aromatic rings. The van der Waals surface area contributed by atoms with E-state index in [2.05, 4.69) is 10.6 Å². The second-order valence-electron chi connectivity index (χ2n) is 4.23. The average Bonchev–Trinajstić information content (AvgIpc) is 2.89. The molecule has 0 spiro atoms. The molecule has 1 aliphatic heterocycles. The Morgan fingerprint density at radius 3 is 2.82 bits per heavy atom. The first kappa shape index (κ1) is 11.9. The van der Waals surface area contributed by atoms with E-state index < -0.39 is 0 Å². The Morgan fingerprint density at radius 2 is 2.24 bits per heavy atom. The van der Waals surface area contributed by atoms with Gasteiger partial charge in [-0.05, 0) is 43.7 Å². The van der Waals surface area contributed by atoms with Gasteiger partial charge in [0.1, 0.15) is 5.75 Å². The summed E-state index contributed by atoms with van der Waals surface area (Å²) in [5.41, 5.74) is 0.670. The maximum atomic E-state index is 11.8. The number of rotatable bonds is 4. The summed E-state index contributed by atoms with van der Waals surface area (Å²) >= 11 is 0. The summed E-state index contributed by atoms with van der Waals surface area (Å²) in [4.78, 5) is 11.8. The minimum atomic E-state index is -0.0265. The maximum absolute atomic E-state index is 11.8. The Kier molecular flexibility index (Phi) is 3.98. The van der Waals surface area contributed by atoms with E-state index in [-0.39, 0.29) is 5.91 Å². The fraction of sp³-hybridized carbons (Fsp3) is 0.462. The smallest absolute Gasteiger partial charge is 0.251 e. The number of carbonyl (C=O) groups excluding carboxylic acids is 1. The summed E-state index contributed by atoms with van der Waals surface area (Å²) in [5.74, 6) is 0.736. The zero-order valence-corrected chi connectivity index (χ0v) is 10.0. The van der Waals surface area contributed by atoms with Crippen LogP contribution in [-0.2, 0) is 0 Å². The molecule has 1 atom stereocenters. The van der Waals surface area contributed by atoms with Gasteiger partial charge in [0.2, 0.25) is 0 Å². The number of nitrogens with one attached hydrogen (secondary N) is 2. The Hall–Kier alpha value is -1.55. The Labute approximate surface area is 101 Å². The minimum Gasteiger partial charge on any atom is -0.497 e. The molecule has 0 aromatic heterocycles. The van der Waals surface area contributed by atoms with Gasteiger partial charge >= 0.3 is 0 Å². The van der Waals surface area contributed by atoms with Crippen molar-refractivity contribution in [3.63, 3.8) is 0 Å². The van der Waals surface area contributed by atoms with E-state index in [1.54, 1.807) is 31.4 Å². The molecule has 0 saturated carbocycles. The summed E-state index contributed by atoms with van der Waals surface area (Å²) in [6.45, 7) is 1.76. The first-order valence-corrected chi connectivity index (χ1v) is 5.95. The first-order chi connectivity index (χ1) is 8.29. The van der Waals surface area contributed by atoms with Crippen LogP contribution in [0.25, 0.3) is 0 Å². The molecule has 1 aromatic carbocycles. The molecule has 4 heteroatoms. The summed E-state index contributed by atoms with van der Waals surface area (Å²) in [7, 11) is 1.61. The van der Waals surface area contributed by atoms with Gasteiger partial charge < -0.3 is 15.4 Å². The molecular formula is C13H18N2O2. The van der Waals surface area contributed by atoms with Crippen molar-refractivity contribution in [2.24, 2.45) is 0 Å². The highest BCUT2D eigenvalue weighted by atomic mass is 16.5. The number of ether oxygens (including phenoxy) is 1. The third-order valence-electron chi connectivity index (χ3n) is 3.02. The van der Waals surface area contributed by atoms with Gasteiger partial charge in [0.15, 0.2) is 0 Å². The zero-order valence-electron chi connectivity index (χ0n) is 10.0. The summed E-state index contributed by atoms with van der Waals surface area (Å²) in [6.07, 6.45) is 2.34. The molecule has 0 radical (unpaired) electrons. The van der Waals surface area contributed by atoms with Crippen LogP contribution in [0.3, 0.4) is 0 Å². The highest BCUT2D eigenvalue weighted by molar-refractivity contribution is 5.94. The van der Waals surface area contributed by atoms with Crippen LogP contribution in [0.5, 0.6) is 5.75 Å². The highest BCUT2D eigenvalue weighted by Crippen LogP contribution is 2.11. The van der Waals surface area contributed by atoms with Gasteiger partial charge in [-0.3, -0.25) is 4.79 Å². The Balaban J connectivity index is 1.85. The summed E-state index contributed by atoms with van der Waals surface area (Å²) in [5, 5.41) is 6.28. The molecular weight excluding hydrogens is 216 g/mol. The number of methoxy groups -OCH3 is 1. The molecule has 0 unspecified atom stereocenters. The van der Waals surface area contributed by atoms with Crippen LogP contribution in [0, 0.1) is 0 Å². The molecule has 1 amide bonds. The molecule has 1 aliphatic rings. The van der Waals surface area contributed by atoms with Crippen LogP contribution in [0.15, 0.2) is 24.3 Å². The molecule has 0 aliphatic carbocycles. The van der Waals surface area contributed by atoms with Crippen LogP contribution in [0.2, 0.25) is 0 Å². The molecule has 1 fully saturated rings. The predicted octanol–water partition coefficient (Wildman–Crippen LogP) is 1.18. The van der Waals surface area contributed by atoms with Gasteiger partial charge in [0.05, 0.1) is 7.11 Å². The highest BCUT2D eigenvalue weighted by Gasteiger charge is 2.15. The number of benzene rings is 1. The molecule has 1 saturated heterocycles. The fourth-order valence-corrected chi connectivity index (χ4v) is 1.99. The van der Waals surface area contributed by atoms with Gasteiger partial charge in [0.25, 0.3) is 5.91 Å². The molecule has 2 N–H and O–H groups in total. The van der Waals surface area contributed by atoms with Crippen molar-refractivity contribution in [3.05, 3.63) is 29.8 Å². The Bertz CT molecular complexity index is 370. The van der Waals surface area contributed by atoms with E-state index in [1.807, 2.05) is 0 Å². The monoisotopic (exact) mass is 234 g/mol. The third-order valence-corrected chi connectivity index (χ3v) is 3.02. The van der Waals surface area contributed by atoms with Gasteiger partial charge in [-0.1, -0.05) is 0 Å². The quantitative estimate of drug-likeness (QED) is 0.822. The predicted molar refractivity (Wildman–Crippen MR) is 66.4 cm³/mol. The molecule has 92 valence electrons. The maximum Gasteiger partial charge on any atom is 0.251 e. The van der Waals surface area contributed by atoms with Crippen LogP contribution in [0.4, 0.5) is 0 Å². The average molecular weight is 234 g/mol. The second kappa shape index (κ2) is 5.68. The second-order valence-corrected chi connectivity index (χ2v) is 4.23. The van der Waals surface area contributed by atoms with Crippen molar-refractivity contribution >= 4 is 5.91 Å². The number of hydrogen-bond donors (Lipinski definition) is 2. The van der Waals surface area contributed by atoms with Crippen molar-refractivity contribution < 1.29 is 9.53 Å². The number of carbonyl (C=O) groups is 1. The molecule has 4 nitrogen and oxygen atoms in total. The molecule has 0 bridgehead atoms. The van der Waals surface area contributed by atoms with Gasteiger partial charge in [-0.2, -0.15) is 0 Å². The molecule has 17 heavy (non-hydrogen) atoms. The lowest BCUT2D eigenvalue weighted by Gasteiger charge is -2.11. The lowest BCUT2D eigenvalue weighted by molar-refractivity contribution is 0.0950. The normalized spacial score (nSPS) is 19.0. The lowest BCUT2D eigenvalue weighted by Crippen LogP contribution is -2.37. The van der Waals surface area contributed by atoms with E-state index >= 15 is 0 Å². The van der Waals surface area contributed by atoms with E-state index in [0.29, 0.717) is 18.2 Å².